The number of halogens is 1. The molecule has 104 valence electrons. The molecule has 1 saturated heterocycles. The van der Waals surface area contributed by atoms with Crippen molar-refractivity contribution in [1.29, 1.82) is 0 Å². The highest BCUT2D eigenvalue weighted by molar-refractivity contribution is 5.89. The van der Waals surface area contributed by atoms with Gasteiger partial charge in [0, 0.05) is 25.0 Å². The van der Waals surface area contributed by atoms with Gasteiger partial charge in [0.15, 0.2) is 0 Å². The van der Waals surface area contributed by atoms with Crippen LogP contribution in [-0.4, -0.2) is 41.9 Å². The molecule has 3 atom stereocenters. The minimum atomic E-state index is -0.284. The zero-order chi connectivity index (χ0) is 12.4. The Bertz CT molecular complexity index is 324. The van der Waals surface area contributed by atoms with E-state index in [0.717, 1.165) is 19.3 Å². The van der Waals surface area contributed by atoms with E-state index in [2.05, 4.69) is 5.32 Å². The van der Waals surface area contributed by atoms with Crippen LogP contribution in [0.2, 0.25) is 0 Å². The monoisotopic (exact) mass is 275 g/mol. The van der Waals surface area contributed by atoms with E-state index in [0.29, 0.717) is 19.5 Å². The lowest BCUT2D eigenvalue weighted by Crippen LogP contribution is -2.58. The molecule has 3 N–H and O–H groups in total. The Balaban J connectivity index is 0.00000162. The number of piperazine rings is 1. The van der Waals surface area contributed by atoms with Crippen molar-refractivity contribution >= 4 is 24.2 Å². The van der Waals surface area contributed by atoms with Gasteiger partial charge in [-0.05, 0) is 25.7 Å². The van der Waals surface area contributed by atoms with Crippen LogP contribution in [0, 0.1) is 5.92 Å². The fraction of sp³-hybridized carbons (Fsp3) is 0.833. The molecule has 5 nitrogen and oxygen atoms in total. The number of nitrogens with zero attached hydrogens (tertiary/aromatic N) is 1. The van der Waals surface area contributed by atoms with E-state index in [1.54, 1.807) is 4.90 Å². The summed E-state index contributed by atoms with van der Waals surface area (Å²) >= 11 is 0. The summed E-state index contributed by atoms with van der Waals surface area (Å²) in [5.41, 5.74) is 5.84. The highest BCUT2D eigenvalue weighted by atomic mass is 35.5. The number of hydrogen-bond donors (Lipinski definition) is 2. The predicted octanol–water partition coefficient (Wildman–Crippen LogP) is 0.273. The number of hydrogen-bond acceptors (Lipinski definition) is 3. The van der Waals surface area contributed by atoms with Gasteiger partial charge in [-0.25, -0.2) is 0 Å². The van der Waals surface area contributed by atoms with Crippen LogP contribution in [0.5, 0.6) is 0 Å². The topological polar surface area (TPSA) is 75.4 Å². The quantitative estimate of drug-likeness (QED) is 0.760. The zero-order valence-corrected chi connectivity index (χ0v) is 11.5. The molecular weight excluding hydrogens is 254 g/mol. The first-order chi connectivity index (χ1) is 8.13. The fourth-order valence-corrected chi connectivity index (χ4v) is 2.86. The summed E-state index contributed by atoms with van der Waals surface area (Å²) in [6.07, 6.45) is 3.24. The lowest BCUT2D eigenvalue weighted by molar-refractivity contribution is -0.146. The molecule has 1 heterocycles. The Morgan fingerprint density at radius 3 is 2.78 bits per heavy atom. The predicted molar refractivity (Wildman–Crippen MR) is 71.4 cm³/mol. The number of carbonyl (C=O) groups excluding carboxylic acids is 2. The Morgan fingerprint density at radius 1 is 1.50 bits per heavy atom. The molecule has 6 heteroatoms. The molecule has 0 aromatic carbocycles. The SMILES string of the molecule is CCC1C(=O)NCCN1C(=O)C1CCC(N)C1.Cl. The molecule has 0 aromatic rings. The summed E-state index contributed by atoms with van der Waals surface area (Å²) in [6.45, 7) is 3.14. The smallest absolute Gasteiger partial charge is 0.242 e. The summed E-state index contributed by atoms with van der Waals surface area (Å²) in [7, 11) is 0. The molecule has 0 aromatic heterocycles. The molecule has 2 fully saturated rings. The third kappa shape index (κ3) is 2.95. The van der Waals surface area contributed by atoms with E-state index < -0.39 is 0 Å². The fourth-order valence-electron chi connectivity index (χ4n) is 2.86. The molecule has 1 saturated carbocycles. The van der Waals surface area contributed by atoms with Crippen molar-refractivity contribution in [3.63, 3.8) is 0 Å². The Labute approximate surface area is 114 Å². The maximum absolute atomic E-state index is 12.4. The molecule has 0 spiro atoms. The van der Waals surface area contributed by atoms with Crippen molar-refractivity contribution in [1.82, 2.24) is 10.2 Å². The van der Waals surface area contributed by atoms with E-state index in [-0.39, 0.29) is 42.2 Å². The van der Waals surface area contributed by atoms with Crippen LogP contribution in [0.3, 0.4) is 0 Å². The first-order valence-corrected chi connectivity index (χ1v) is 6.47. The second kappa shape index (κ2) is 6.38. The van der Waals surface area contributed by atoms with Gasteiger partial charge in [0.05, 0.1) is 0 Å². The molecule has 3 unspecified atom stereocenters. The summed E-state index contributed by atoms with van der Waals surface area (Å²) in [5.74, 6) is 0.138. The first-order valence-electron chi connectivity index (χ1n) is 6.47. The average molecular weight is 276 g/mol. The number of amides is 2. The van der Waals surface area contributed by atoms with Crippen molar-refractivity contribution in [2.24, 2.45) is 11.7 Å². The highest BCUT2D eigenvalue weighted by Gasteiger charge is 2.37. The van der Waals surface area contributed by atoms with E-state index in [9.17, 15) is 9.59 Å². The van der Waals surface area contributed by atoms with Crippen LogP contribution in [0.4, 0.5) is 0 Å². The van der Waals surface area contributed by atoms with Crippen LogP contribution >= 0.6 is 12.4 Å². The molecule has 1 aliphatic heterocycles. The zero-order valence-electron chi connectivity index (χ0n) is 10.7. The van der Waals surface area contributed by atoms with Crippen molar-refractivity contribution in [3.8, 4) is 0 Å². The number of nitrogens with two attached hydrogens (primary N) is 1. The largest absolute Gasteiger partial charge is 0.353 e. The number of nitrogens with one attached hydrogen (secondary N) is 1. The maximum atomic E-state index is 12.4. The van der Waals surface area contributed by atoms with Gasteiger partial charge in [-0.1, -0.05) is 6.92 Å². The Kier molecular flexibility index (Phi) is 5.41. The third-order valence-electron chi connectivity index (χ3n) is 3.82. The highest BCUT2D eigenvalue weighted by Crippen LogP contribution is 2.27. The van der Waals surface area contributed by atoms with Gasteiger partial charge in [0.1, 0.15) is 6.04 Å². The molecule has 2 amide bonds. The summed E-state index contributed by atoms with van der Waals surface area (Å²) in [5, 5.41) is 2.81. The van der Waals surface area contributed by atoms with Gasteiger partial charge in [-0.15, -0.1) is 12.4 Å². The number of rotatable bonds is 2. The Morgan fingerprint density at radius 2 is 2.22 bits per heavy atom. The molecule has 2 aliphatic rings. The first kappa shape index (κ1) is 15.2. The summed E-state index contributed by atoms with van der Waals surface area (Å²) in [4.78, 5) is 25.8. The lowest BCUT2D eigenvalue weighted by atomic mass is 10.0. The van der Waals surface area contributed by atoms with E-state index >= 15 is 0 Å². The van der Waals surface area contributed by atoms with Gasteiger partial charge in [-0.3, -0.25) is 9.59 Å². The van der Waals surface area contributed by atoms with Crippen LogP contribution in [0.1, 0.15) is 32.6 Å². The minimum Gasteiger partial charge on any atom is -0.353 e. The van der Waals surface area contributed by atoms with Gasteiger partial charge < -0.3 is 16.0 Å². The maximum Gasteiger partial charge on any atom is 0.242 e. The Hall–Kier alpha value is -0.810. The average Bonchev–Trinajstić information content (AvgIpc) is 2.74. The standard InChI is InChI=1S/C12H21N3O2.ClH/c1-2-10-11(16)14-5-6-15(10)12(17)8-3-4-9(13)7-8;/h8-10H,2-7,13H2,1H3,(H,14,16);1H. The van der Waals surface area contributed by atoms with E-state index in [1.165, 1.54) is 0 Å². The molecule has 2 rings (SSSR count). The van der Waals surface area contributed by atoms with Gasteiger partial charge >= 0.3 is 0 Å². The van der Waals surface area contributed by atoms with Gasteiger partial charge in [0.2, 0.25) is 11.8 Å². The van der Waals surface area contributed by atoms with Crippen LogP contribution < -0.4 is 11.1 Å². The molecule has 0 radical (unpaired) electrons. The van der Waals surface area contributed by atoms with Crippen LogP contribution in [0.25, 0.3) is 0 Å². The van der Waals surface area contributed by atoms with Gasteiger partial charge in [-0.2, -0.15) is 0 Å². The van der Waals surface area contributed by atoms with Crippen molar-refractivity contribution < 1.29 is 9.59 Å². The van der Waals surface area contributed by atoms with Crippen LogP contribution in [0.15, 0.2) is 0 Å². The second-order valence-corrected chi connectivity index (χ2v) is 5.02. The molecule has 18 heavy (non-hydrogen) atoms. The molecular formula is C12H22ClN3O2. The molecule has 0 bridgehead atoms. The van der Waals surface area contributed by atoms with Crippen LogP contribution in [-0.2, 0) is 9.59 Å². The normalized spacial score (nSPS) is 31.8. The van der Waals surface area contributed by atoms with Crippen molar-refractivity contribution in [3.05, 3.63) is 0 Å². The second-order valence-electron chi connectivity index (χ2n) is 5.02. The molecule has 1 aliphatic carbocycles. The third-order valence-corrected chi connectivity index (χ3v) is 3.82. The lowest BCUT2D eigenvalue weighted by Gasteiger charge is -2.36. The van der Waals surface area contributed by atoms with Crippen molar-refractivity contribution in [2.45, 2.75) is 44.7 Å². The summed E-state index contributed by atoms with van der Waals surface area (Å²) in [6, 6.07) is -0.129. The van der Waals surface area contributed by atoms with Gasteiger partial charge in [0.25, 0.3) is 0 Å². The minimum absolute atomic E-state index is 0. The summed E-state index contributed by atoms with van der Waals surface area (Å²) < 4.78 is 0. The van der Waals surface area contributed by atoms with E-state index in [4.69, 9.17) is 5.73 Å². The number of carbonyl (C=O) groups is 2. The van der Waals surface area contributed by atoms with Crippen molar-refractivity contribution in [2.75, 3.05) is 13.1 Å². The van der Waals surface area contributed by atoms with E-state index in [1.807, 2.05) is 6.92 Å².